The predicted molar refractivity (Wildman–Crippen MR) is 137 cm³/mol. The maximum Gasteiger partial charge on any atom is 0.280 e. The maximum absolute atomic E-state index is 13.8. The predicted octanol–water partition coefficient (Wildman–Crippen LogP) is 4.08. The quantitative estimate of drug-likeness (QED) is 0.369. The molecule has 180 valence electrons. The number of benzene rings is 2. The molecule has 0 saturated carbocycles. The number of aromatic nitrogens is 5. The van der Waals surface area contributed by atoms with E-state index >= 15 is 0 Å². The Kier molecular flexibility index (Phi) is 5.81. The molecule has 0 fully saturated rings. The molecule has 5 rings (SSSR count). The molecule has 36 heavy (non-hydrogen) atoms. The summed E-state index contributed by atoms with van der Waals surface area (Å²) in [5.74, 6) is 0.0281. The van der Waals surface area contributed by atoms with Gasteiger partial charge in [-0.2, -0.15) is 10.2 Å². The van der Waals surface area contributed by atoms with Crippen molar-refractivity contribution >= 4 is 28.3 Å². The number of ketones is 1. The Balaban J connectivity index is 1.62. The van der Waals surface area contributed by atoms with Crippen molar-refractivity contribution in [2.75, 3.05) is 5.32 Å². The molecule has 1 N–H and O–H groups in total. The number of para-hydroxylation sites is 1. The van der Waals surface area contributed by atoms with Crippen molar-refractivity contribution in [2.24, 2.45) is 0 Å². The van der Waals surface area contributed by atoms with E-state index in [4.69, 9.17) is 5.10 Å². The van der Waals surface area contributed by atoms with Gasteiger partial charge in [0.05, 0.1) is 11.4 Å². The number of hydrogen-bond acceptors (Lipinski definition) is 5. The lowest BCUT2D eigenvalue weighted by Gasteiger charge is -2.15. The Bertz CT molecular complexity index is 1650. The lowest BCUT2D eigenvalue weighted by atomic mass is 10.1. The van der Waals surface area contributed by atoms with E-state index in [-0.39, 0.29) is 5.78 Å². The Morgan fingerprint density at radius 2 is 1.67 bits per heavy atom. The average Bonchev–Trinajstić information content (AvgIpc) is 3.55. The molecule has 0 aliphatic heterocycles. The van der Waals surface area contributed by atoms with Crippen LogP contribution < -0.4 is 10.9 Å². The number of fused-ring (bicyclic) bond motifs is 1. The summed E-state index contributed by atoms with van der Waals surface area (Å²) in [6, 6.07) is 19.0. The molecule has 1 amide bonds. The molecule has 3 heterocycles. The van der Waals surface area contributed by atoms with E-state index < -0.39 is 17.5 Å². The van der Waals surface area contributed by atoms with Crippen LogP contribution in [0.25, 0.3) is 22.4 Å². The molecule has 0 aliphatic carbocycles. The number of rotatable bonds is 6. The van der Waals surface area contributed by atoms with Crippen LogP contribution in [-0.2, 0) is 4.79 Å². The van der Waals surface area contributed by atoms with Crippen molar-refractivity contribution in [3.8, 4) is 11.5 Å². The number of hydrogen-bond donors (Lipinski definition) is 1. The average molecular weight is 481 g/mol. The van der Waals surface area contributed by atoms with E-state index in [0.717, 1.165) is 5.69 Å². The van der Waals surface area contributed by atoms with Crippen molar-refractivity contribution in [2.45, 2.75) is 26.8 Å². The van der Waals surface area contributed by atoms with Crippen LogP contribution in [0.4, 0.5) is 5.69 Å². The molecule has 0 radical (unpaired) electrons. The maximum atomic E-state index is 13.8. The van der Waals surface area contributed by atoms with Crippen molar-refractivity contribution < 1.29 is 9.59 Å². The van der Waals surface area contributed by atoms with Crippen LogP contribution in [0.3, 0.4) is 0 Å². The van der Waals surface area contributed by atoms with Crippen LogP contribution in [0.1, 0.15) is 35.9 Å². The van der Waals surface area contributed by atoms with Gasteiger partial charge in [-0.05, 0) is 57.2 Å². The minimum Gasteiger partial charge on any atom is -0.324 e. The fourth-order valence-corrected chi connectivity index (χ4v) is 4.13. The highest BCUT2D eigenvalue weighted by Gasteiger charge is 2.25. The number of carbonyl (C=O) groups excluding carboxylic acids is 2. The van der Waals surface area contributed by atoms with E-state index in [9.17, 15) is 14.4 Å². The normalized spacial score (nSPS) is 12.0. The first kappa shape index (κ1) is 23.0. The summed E-state index contributed by atoms with van der Waals surface area (Å²) in [6.07, 6.45) is 3.68. The molecule has 2 aromatic carbocycles. The fourth-order valence-electron chi connectivity index (χ4n) is 4.13. The zero-order chi connectivity index (χ0) is 25.4. The summed E-state index contributed by atoms with van der Waals surface area (Å²) in [4.78, 5) is 38.6. The van der Waals surface area contributed by atoms with Crippen molar-refractivity contribution in [3.63, 3.8) is 0 Å². The summed E-state index contributed by atoms with van der Waals surface area (Å²) in [6.45, 7) is 4.84. The Morgan fingerprint density at radius 3 is 2.36 bits per heavy atom. The number of amides is 1. The minimum absolute atomic E-state index is 0.105. The highest BCUT2D eigenvalue weighted by atomic mass is 16.2. The van der Waals surface area contributed by atoms with Gasteiger partial charge in [-0.15, -0.1) is 0 Å². The van der Waals surface area contributed by atoms with Crippen LogP contribution >= 0.6 is 0 Å². The van der Waals surface area contributed by atoms with Crippen LogP contribution in [0, 0.1) is 6.92 Å². The molecule has 0 saturated heterocycles. The molecule has 3 aromatic heterocycles. The van der Waals surface area contributed by atoms with Crippen LogP contribution in [-0.4, -0.2) is 35.8 Å². The number of carbonyl (C=O) groups is 2. The van der Waals surface area contributed by atoms with Crippen LogP contribution in [0.15, 0.2) is 83.9 Å². The summed E-state index contributed by atoms with van der Waals surface area (Å²) in [5, 5.41) is 12.3. The fraction of sp³-hybridized carbons (Fsp3) is 0.148. The molecular weight excluding hydrogens is 456 g/mol. The third-order valence-corrected chi connectivity index (χ3v) is 6.02. The van der Waals surface area contributed by atoms with Gasteiger partial charge in [0.25, 0.3) is 5.56 Å². The van der Waals surface area contributed by atoms with E-state index in [2.05, 4.69) is 10.4 Å². The second-order valence-electron chi connectivity index (χ2n) is 8.52. The van der Waals surface area contributed by atoms with Gasteiger partial charge in [0.15, 0.2) is 11.6 Å². The molecule has 0 spiro atoms. The van der Waals surface area contributed by atoms with E-state index in [0.29, 0.717) is 33.7 Å². The molecule has 0 bridgehead atoms. The molecule has 5 aromatic rings. The molecule has 1 unspecified atom stereocenters. The standard InChI is InChI=1S/C27H24N6O3/c1-17-24-23(26(31-14-7-8-15-31)33(30-24)22-12-5-4-6-13-22)27(36)32(29-17)18(2)25(35)28-21-11-9-10-20(16-21)19(3)34/h4-16,18H,1-3H3,(H,28,35). The zero-order valence-electron chi connectivity index (χ0n) is 20.0. The van der Waals surface area contributed by atoms with Gasteiger partial charge < -0.3 is 9.88 Å². The Hall–Kier alpha value is -4.79. The number of nitrogens with one attached hydrogen (secondary N) is 1. The zero-order valence-corrected chi connectivity index (χ0v) is 20.0. The van der Waals surface area contributed by atoms with Gasteiger partial charge in [0.1, 0.15) is 16.9 Å². The highest BCUT2D eigenvalue weighted by Crippen LogP contribution is 2.25. The van der Waals surface area contributed by atoms with Crippen LogP contribution in [0.5, 0.6) is 0 Å². The molecule has 0 aliphatic rings. The lowest BCUT2D eigenvalue weighted by molar-refractivity contribution is -0.119. The van der Waals surface area contributed by atoms with E-state index in [1.807, 2.05) is 59.4 Å². The first-order valence-corrected chi connectivity index (χ1v) is 11.5. The SMILES string of the molecule is CC(=O)c1cccc(NC(=O)C(C)n2nc(C)c3nn(-c4ccccc4)c(-n4cccc4)c3c2=O)c1. The summed E-state index contributed by atoms with van der Waals surface area (Å²) in [5.41, 5.74) is 2.30. The first-order valence-electron chi connectivity index (χ1n) is 11.5. The van der Waals surface area contributed by atoms with Gasteiger partial charge in [0.2, 0.25) is 5.91 Å². The molecular formula is C27H24N6O3. The smallest absolute Gasteiger partial charge is 0.280 e. The van der Waals surface area contributed by atoms with Gasteiger partial charge in [-0.1, -0.05) is 30.3 Å². The second-order valence-corrected chi connectivity index (χ2v) is 8.52. The number of aryl methyl sites for hydroxylation is 1. The summed E-state index contributed by atoms with van der Waals surface area (Å²) in [7, 11) is 0. The third-order valence-electron chi connectivity index (χ3n) is 6.02. The summed E-state index contributed by atoms with van der Waals surface area (Å²) < 4.78 is 4.72. The molecule has 1 atom stereocenters. The third kappa shape index (κ3) is 4.00. The summed E-state index contributed by atoms with van der Waals surface area (Å²) >= 11 is 0. The number of nitrogens with zero attached hydrogens (tertiary/aromatic N) is 5. The highest BCUT2D eigenvalue weighted by molar-refractivity contribution is 5.98. The first-order chi connectivity index (χ1) is 17.3. The van der Waals surface area contributed by atoms with Crippen molar-refractivity contribution in [3.05, 3.63) is 101 Å². The van der Waals surface area contributed by atoms with Crippen molar-refractivity contribution in [1.29, 1.82) is 0 Å². The largest absolute Gasteiger partial charge is 0.324 e. The van der Waals surface area contributed by atoms with Gasteiger partial charge >= 0.3 is 0 Å². The molecule has 9 nitrogen and oxygen atoms in total. The minimum atomic E-state index is -0.917. The number of Topliss-reactive ketones (excluding diaryl/α,β-unsaturated/α-hetero) is 1. The number of anilines is 1. The van der Waals surface area contributed by atoms with E-state index in [1.165, 1.54) is 11.6 Å². The topological polar surface area (TPSA) is 104 Å². The molecule has 9 heteroatoms. The second kappa shape index (κ2) is 9.10. The Labute approximate surface area is 206 Å². The van der Waals surface area contributed by atoms with Crippen LogP contribution in [0.2, 0.25) is 0 Å². The van der Waals surface area contributed by atoms with Gasteiger partial charge in [-0.25, -0.2) is 9.36 Å². The monoisotopic (exact) mass is 480 g/mol. The van der Waals surface area contributed by atoms with Gasteiger partial charge in [-0.3, -0.25) is 14.4 Å². The lowest BCUT2D eigenvalue weighted by Crippen LogP contribution is -2.34. The van der Waals surface area contributed by atoms with Gasteiger partial charge in [0, 0.05) is 23.6 Å². The van der Waals surface area contributed by atoms with E-state index in [1.54, 1.807) is 42.8 Å². The van der Waals surface area contributed by atoms with Crippen molar-refractivity contribution in [1.82, 2.24) is 24.1 Å². The Morgan fingerprint density at radius 1 is 0.944 bits per heavy atom.